The largest absolute Gasteiger partial charge is 0.496 e. The van der Waals surface area contributed by atoms with Gasteiger partial charge in [-0.15, -0.1) is 10.2 Å². The van der Waals surface area contributed by atoms with Crippen molar-refractivity contribution in [3.63, 3.8) is 0 Å². The zero-order valence-electron chi connectivity index (χ0n) is 14.4. The molecule has 11 heteroatoms. The number of carbonyl (C=O) groups excluding carboxylic acids is 1. The predicted octanol–water partition coefficient (Wildman–Crippen LogP) is 3.40. The molecule has 0 aliphatic heterocycles. The minimum Gasteiger partial charge on any atom is -0.496 e. The molecule has 0 fully saturated rings. The van der Waals surface area contributed by atoms with Crippen LogP contribution >= 0.6 is 23.1 Å². The molecule has 0 atom stereocenters. The molecule has 0 unspecified atom stereocenters. The van der Waals surface area contributed by atoms with E-state index < -0.39 is 4.92 Å². The highest BCUT2D eigenvalue weighted by molar-refractivity contribution is 8.01. The molecule has 0 aliphatic rings. The van der Waals surface area contributed by atoms with Gasteiger partial charge in [-0.3, -0.25) is 14.9 Å². The van der Waals surface area contributed by atoms with Crippen LogP contribution in [0.4, 0.5) is 16.5 Å². The van der Waals surface area contributed by atoms with Crippen LogP contribution in [0.25, 0.3) is 0 Å². The van der Waals surface area contributed by atoms with Crippen LogP contribution in [0.3, 0.4) is 0 Å². The number of unbranched alkanes of at least 4 members (excludes halogenated alkanes) is 1. The van der Waals surface area contributed by atoms with E-state index in [0.29, 0.717) is 15.2 Å². The standard InChI is InChI=1S/C15H19N5O4S2/c1-3-4-7-16-14-18-19-15(26-14)25-9-13(21)17-11-6-5-10(24-2)8-12(11)20(22)23/h5-6,8H,3-4,7,9H2,1-2H3,(H,16,18)(H,17,21). The number of nitrogens with zero attached hydrogens (tertiary/aromatic N) is 3. The fraction of sp³-hybridized carbons (Fsp3) is 0.400. The maximum absolute atomic E-state index is 12.1. The monoisotopic (exact) mass is 397 g/mol. The van der Waals surface area contributed by atoms with Crippen molar-refractivity contribution in [2.45, 2.75) is 24.1 Å². The van der Waals surface area contributed by atoms with Crippen LogP contribution in [-0.4, -0.2) is 40.4 Å². The second-order valence-electron chi connectivity index (χ2n) is 5.13. The third-order valence-electron chi connectivity index (χ3n) is 3.22. The van der Waals surface area contributed by atoms with Crippen molar-refractivity contribution in [3.8, 4) is 5.75 Å². The Bertz CT molecular complexity index is 768. The number of thioether (sulfide) groups is 1. The van der Waals surface area contributed by atoms with Crippen LogP contribution in [0.2, 0.25) is 0 Å². The van der Waals surface area contributed by atoms with Crippen molar-refractivity contribution in [1.82, 2.24) is 10.2 Å². The summed E-state index contributed by atoms with van der Waals surface area (Å²) >= 11 is 2.60. The molecule has 2 rings (SSSR count). The van der Waals surface area contributed by atoms with E-state index in [0.717, 1.165) is 19.4 Å². The van der Waals surface area contributed by atoms with E-state index in [2.05, 4.69) is 27.8 Å². The molecule has 1 aromatic heterocycles. The van der Waals surface area contributed by atoms with E-state index in [1.807, 2.05) is 0 Å². The van der Waals surface area contributed by atoms with E-state index in [9.17, 15) is 14.9 Å². The normalized spacial score (nSPS) is 10.4. The van der Waals surface area contributed by atoms with E-state index >= 15 is 0 Å². The summed E-state index contributed by atoms with van der Waals surface area (Å²) in [4.78, 5) is 22.7. The Labute approximate surface area is 158 Å². The zero-order valence-corrected chi connectivity index (χ0v) is 16.0. The van der Waals surface area contributed by atoms with Gasteiger partial charge in [-0.2, -0.15) is 0 Å². The van der Waals surface area contributed by atoms with Crippen LogP contribution in [0.15, 0.2) is 22.5 Å². The molecule has 0 saturated heterocycles. The number of ether oxygens (including phenoxy) is 1. The first kappa shape index (κ1) is 19.9. The Morgan fingerprint density at radius 3 is 2.92 bits per heavy atom. The van der Waals surface area contributed by atoms with Crippen molar-refractivity contribution in [2.24, 2.45) is 0 Å². The third kappa shape index (κ3) is 5.85. The number of benzene rings is 1. The van der Waals surface area contributed by atoms with Gasteiger partial charge in [0, 0.05) is 6.54 Å². The first-order valence-corrected chi connectivity index (χ1v) is 9.66. The smallest absolute Gasteiger partial charge is 0.296 e. The number of methoxy groups -OCH3 is 1. The highest BCUT2D eigenvalue weighted by Crippen LogP contribution is 2.30. The first-order valence-electron chi connectivity index (χ1n) is 7.86. The van der Waals surface area contributed by atoms with E-state index in [1.165, 1.54) is 42.3 Å². The number of amides is 1. The fourth-order valence-electron chi connectivity index (χ4n) is 1.92. The average Bonchev–Trinajstić information content (AvgIpc) is 3.08. The topological polar surface area (TPSA) is 119 Å². The lowest BCUT2D eigenvalue weighted by Gasteiger charge is -2.07. The molecule has 0 bridgehead atoms. The molecule has 2 aromatic rings. The maximum Gasteiger partial charge on any atom is 0.296 e. The molecule has 0 saturated carbocycles. The van der Waals surface area contributed by atoms with Gasteiger partial charge in [0.25, 0.3) is 5.69 Å². The summed E-state index contributed by atoms with van der Waals surface area (Å²) in [6, 6.07) is 4.26. The lowest BCUT2D eigenvalue weighted by Crippen LogP contribution is -2.15. The Kier molecular flexibility index (Phi) is 7.60. The number of nitrogens with one attached hydrogen (secondary N) is 2. The summed E-state index contributed by atoms with van der Waals surface area (Å²) in [5.41, 5.74) is -0.0957. The molecule has 140 valence electrons. The van der Waals surface area contributed by atoms with Gasteiger partial charge in [0.2, 0.25) is 11.0 Å². The summed E-state index contributed by atoms with van der Waals surface area (Å²) in [5.74, 6) is 0.0623. The number of carbonyl (C=O) groups is 1. The highest BCUT2D eigenvalue weighted by Gasteiger charge is 2.17. The second kappa shape index (κ2) is 9.92. The molecule has 1 aromatic carbocycles. The summed E-state index contributed by atoms with van der Waals surface area (Å²) in [6.07, 6.45) is 2.14. The van der Waals surface area contributed by atoms with Gasteiger partial charge in [-0.25, -0.2) is 0 Å². The summed E-state index contributed by atoms with van der Waals surface area (Å²) in [6.45, 7) is 2.94. The fourth-order valence-corrected chi connectivity index (χ4v) is 3.50. The van der Waals surface area contributed by atoms with E-state index in [4.69, 9.17) is 4.74 Å². The van der Waals surface area contributed by atoms with Crippen molar-refractivity contribution in [3.05, 3.63) is 28.3 Å². The zero-order chi connectivity index (χ0) is 18.9. The number of nitro benzene ring substituents is 1. The molecule has 0 radical (unpaired) electrons. The van der Waals surface area contributed by atoms with Crippen molar-refractivity contribution >= 4 is 45.5 Å². The van der Waals surface area contributed by atoms with Crippen LogP contribution in [0, 0.1) is 10.1 Å². The molecular weight excluding hydrogens is 378 g/mol. The second-order valence-corrected chi connectivity index (χ2v) is 7.33. The lowest BCUT2D eigenvalue weighted by atomic mass is 10.2. The molecule has 1 amide bonds. The summed E-state index contributed by atoms with van der Waals surface area (Å²) in [5, 5.41) is 25.6. The Balaban J connectivity index is 1.90. The lowest BCUT2D eigenvalue weighted by molar-refractivity contribution is -0.384. The Morgan fingerprint density at radius 2 is 2.23 bits per heavy atom. The highest BCUT2D eigenvalue weighted by atomic mass is 32.2. The van der Waals surface area contributed by atoms with Gasteiger partial charge in [0.1, 0.15) is 11.4 Å². The SMILES string of the molecule is CCCCNc1nnc(SCC(=O)Nc2ccc(OC)cc2[N+](=O)[O-])s1. The van der Waals surface area contributed by atoms with E-state index in [-0.39, 0.29) is 23.0 Å². The molecule has 0 aliphatic carbocycles. The quantitative estimate of drug-likeness (QED) is 0.271. The number of rotatable bonds is 10. The number of anilines is 2. The minimum absolute atomic E-state index is 0.0762. The number of nitro groups is 1. The van der Waals surface area contributed by atoms with Crippen LogP contribution in [0.5, 0.6) is 5.75 Å². The Morgan fingerprint density at radius 1 is 1.42 bits per heavy atom. The molecule has 1 heterocycles. The molecule has 0 spiro atoms. The van der Waals surface area contributed by atoms with Gasteiger partial charge in [-0.1, -0.05) is 36.4 Å². The van der Waals surface area contributed by atoms with Gasteiger partial charge >= 0.3 is 0 Å². The van der Waals surface area contributed by atoms with Gasteiger partial charge < -0.3 is 15.4 Å². The molecule has 26 heavy (non-hydrogen) atoms. The summed E-state index contributed by atoms with van der Waals surface area (Å²) < 4.78 is 5.62. The number of aromatic nitrogens is 2. The first-order chi connectivity index (χ1) is 12.5. The molecular formula is C15H19N5O4S2. The third-order valence-corrected chi connectivity index (χ3v) is 5.23. The van der Waals surface area contributed by atoms with Gasteiger partial charge in [0.05, 0.1) is 23.9 Å². The van der Waals surface area contributed by atoms with Crippen molar-refractivity contribution < 1.29 is 14.5 Å². The average molecular weight is 397 g/mol. The predicted molar refractivity (Wildman–Crippen MR) is 102 cm³/mol. The maximum atomic E-state index is 12.1. The number of hydrogen-bond acceptors (Lipinski definition) is 9. The van der Waals surface area contributed by atoms with Gasteiger partial charge in [0.15, 0.2) is 4.34 Å². The van der Waals surface area contributed by atoms with Crippen LogP contribution in [-0.2, 0) is 4.79 Å². The number of hydrogen-bond donors (Lipinski definition) is 2. The van der Waals surface area contributed by atoms with Crippen LogP contribution in [0.1, 0.15) is 19.8 Å². The molecule has 2 N–H and O–H groups in total. The van der Waals surface area contributed by atoms with Crippen molar-refractivity contribution in [1.29, 1.82) is 0 Å². The molecule has 9 nitrogen and oxygen atoms in total. The Hall–Kier alpha value is -2.40. The van der Waals surface area contributed by atoms with Crippen molar-refractivity contribution in [2.75, 3.05) is 30.0 Å². The van der Waals surface area contributed by atoms with Gasteiger partial charge in [-0.05, 0) is 18.6 Å². The minimum atomic E-state index is -0.565. The summed E-state index contributed by atoms with van der Waals surface area (Å²) in [7, 11) is 1.42. The van der Waals surface area contributed by atoms with Crippen LogP contribution < -0.4 is 15.4 Å². The van der Waals surface area contributed by atoms with E-state index in [1.54, 1.807) is 6.07 Å².